The molecule has 1 saturated heterocycles. The van der Waals surface area contributed by atoms with Crippen LogP contribution in [0.2, 0.25) is 0 Å². The maximum Gasteiger partial charge on any atom is 0.149 e. The van der Waals surface area contributed by atoms with Crippen molar-refractivity contribution in [1.82, 2.24) is 25.0 Å². The van der Waals surface area contributed by atoms with Crippen molar-refractivity contribution in [3.63, 3.8) is 0 Å². The predicted molar refractivity (Wildman–Crippen MR) is 67.7 cm³/mol. The summed E-state index contributed by atoms with van der Waals surface area (Å²) in [6.45, 7) is 6.99. The third kappa shape index (κ3) is 3.51. The molecule has 1 atom stereocenters. The van der Waals surface area contributed by atoms with Crippen LogP contribution in [0.5, 0.6) is 0 Å². The van der Waals surface area contributed by atoms with Gasteiger partial charge in [-0.3, -0.25) is 0 Å². The van der Waals surface area contributed by atoms with E-state index in [9.17, 15) is 0 Å². The molecule has 1 aliphatic heterocycles. The molecule has 96 valence electrons. The highest BCUT2D eigenvalue weighted by Crippen LogP contribution is 2.09. The Bertz CT molecular complexity index is 329. The maximum atomic E-state index is 4.11. The molecule has 0 amide bonds. The number of nitrogens with one attached hydrogen (secondary N) is 1. The van der Waals surface area contributed by atoms with Gasteiger partial charge in [-0.25, -0.2) is 0 Å². The Morgan fingerprint density at radius 3 is 2.82 bits per heavy atom. The fourth-order valence-corrected chi connectivity index (χ4v) is 2.40. The first-order chi connectivity index (χ1) is 8.27. The number of aryl methyl sites for hydroxylation is 1. The first-order valence-electron chi connectivity index (χ1n) is 6.57. The van der Waals surface area contributed by atoms with Gasteiger partial charge in [-0.1, -0.05) is 0 Å². The van der Waals surface area contributed by atoms with Gasteiger partial charge in [-0.2, -0.15) is 0 Å². The molecule has 0 spiro atoms. The van der Waals surface area contributed by atoms with Gasteiger partial charge in [-0.05, 0) is 52.4 Å². The molecule has 0 radical (unpaired) electrons. The average molecular weight is 237 g/mol. The topological polar surface area (TPSA) is 46.0 Å². The first-order valence-corrected chi connectivity index (χ1v) is 6.57. The SMILES string of the molecule is CC(NCCCN1CCCC1)c1nncn1C. The highest BCUT2D eigenvalue weighted by Gasteiger charge is 2.12. The maximum absolute atomic E-state index is 4.11. The quantitative estimate of drug-likeness (QED) is 0.748. The third-order valence-electron chi connectivity index (χ3n) is 3.43. The van der Waals surface area contributed by atoms with Crippen molar-refractivity contribution >= 4 is 0 Å². The fraction of sp³-hybridized carbons (Fsp3) is 0.833. The summed E-state index contributed by atoms with van der Waals surface area (Å²) < 4.78 is 1.97. The Morgan fingerprint density at radius 2 is 2.18 bits per heavy atom. The van der Waals surface area contributed by atoms with Gasteiger partial charge in [0.1, 0.15) is 12.2 Å². The normalized spacial score (nSPS) is 18.7. The molecule has 1 aromatic rings. The van der Waals surface area contributed by atoms with Crippen LogP contribution in [-0.2, 0) is 7.05 Å². The zero-order chi connectivity index (χ0) is 12.1. The van der Waals surface area contributed by atoms with Crippen molar-refractivity contribution in [3.8, 4) is 0 Å². The minimum atomic E-state index is 0.279. The van der Waals surface area contributed by atoms with Crippen LogP contribution < -0.4 is 5.32 Å². The number of nitrogens with zero attached hydrogens (tertiary/aromatic N) is 4. The lowest BCUT2D eigenvalue weighted by Crippen LogP contribution is -2.27. The van der Waals surface area contributed by atoms with Crippen molar-refractivity contribution in [2.45, 2.75) is 32.2 Å². The number of aromatic nitrogens is 3. The summed E-state index contributed by atoms with van der Waals surface area (Å²) >= 11 is 0. The van der Waals surface area contributed by atoms with Gasteiger partial charge >= 0.3 is 0 Å². The predicted octanol–water partition coefficient (Wildman–Crippen LogP) is 0.952. The number of hydrogen-bond acceptors (Lipinski definition) is 4. The zero-order valence-corrected chi connectivity index (χ0v) is 10.9. The van der Waals surface area contributed by atoms with Crippen molar-refractivity contribution in [2.75, 3.05) is 26.2 Å². The fourth-order valence-electron chi connectivity index (χ4n) is 2.40. The minimum Gasteiger partial charge on any atom is -0.319 e. The molecule has 1 unspecified atom stereocenters. The van der Waals surface area contributed by atoms with Crippen molar-refractivity contribution in [2.24, 2.45) is 7.05 Å². The van der Waals surface area contributed by atoms with Crippen LogP contribution in [0.1, 0.15) is 38.1 Å². The van der Waals surface area contributed by atoms with Gasteiger partial charge in [0.25, 0.3) is 0 Å². The largest absolute Gasteiger partial charge is 0.319 e. The van der Waals surface area contributed by atoms with E-state index in [4.69, 9.17) is 0 Å². The zero-order valence-electron chi connectivity index (χ0n) is 10.9. The minimum absolute atomic E-state index is 0.279. The second-order valence-electron chi connectivity index (χ2n) is 4.88. The van der Waals surface area contributed by atoms with E-state index >= 15 is 0 Å². The van der Waals surface area contributed by atoms with E-state index in [1.807, 2.05) is 11.6 Å². The molecule has 0 aliphatic carbocycles. The van der Waals surface area contributed by atoms with E-state index in [1.165, 1.54) is 38.9 Å². The lowest BCUT2D eigenvalue weighted by atomic mass is 10.3. The van der Waals surface area contributed by atoms with E-state index in [-0.39, 0.29) is 6.04 Å². The molecule has 0 saturated carbocycles. The summed E-state index contributed by atoms with van der Waals surface area (Å²) in [5, 5.41) is 11.5. The molecule has 1 fully saturated rings. The van der Waals surface area contributed by atoms with Gasteiger partial charge in [0, 0.05) is 7.05 Å². The van der Waals surface area contributed by atoms with E-state index < -0.39 is 0 Å². The molecule has 2 rings (SSSR count). The summed E-state index contributed by atoms with van der Waals surface area (Å²) in [5.74, 6) is 1.01. The summed E-state index contributed by atoms with van der Waals surface area (Å²) in [6, 6.07) is 0.279. The summed E-state index contributed by atoms with van der Waals surface area (Å²) in [7, 11) is 1.98. The van der Waals surface area contributed by atoms with Crippen LogP contribution in [0.4, 0.5) is 0 Å². The molecule has 0 bridgehead atoms. The van der Waals surface area contributed by atoms with Crippen molar-refractivity contribution in [1.29, 1.82) is 0 Å². The monoisotopic (exact) mass is 237 g/mol. The number of rotatable bonds is 6. The Kier molecular flexibility index (Phi) is 4.50. The standard InChI is InChI=1S/C12H23N5/c1-11(12-15-14-10-16(12)2)13-6-5-9-17-7-3-4-8-17/h10-11,13H,3-9H2,1-2H3. The Labute approximate surface area is 103 Å². The average Bonchev–Trinajstić information content (AvgIpc) is 2.95. The van der Waals surface area contributed by atoms with Gasteiger partial charge in [-0.15, -0.1) is 10.2 Å². The van der Waals surface area contributed by atoms with Crippen molar-refractivity contribution in [3.05, 3.63) is 12.2 Å². The molecule has 5 heteroatoms. The molecule has 5 nitrogen and oxygen atoms in total. The van der Waals surface area contributed by atoms with Crippen LogP contribution in [0.15, 0.2) is 6.33 Å². The molecule has 2 heterocycles. The molecule has 17 heavy (non-hydrogen) atoms. The van der Waals surface area contributed by atoms with Crippen LogP contribution >= 0.6 is 0 Å². The van der Waals surface area contributed by atoms with E-state index in [1.54, 1.807) is 6.33 Å². The summed E-state index contributed by atoms with van der Waals surface area (Å²) in [6.07, 6.45) is 5.71. The van der Waals surface area contributed by atoms with Gasteiger partial charge in [0.2, 0.25) is 0 Å². The number of hydrogen-bond donors (Lipinski definition) is 1. The molecular weight excluding hydrogens is 214 g/mol. The molecule has 1 N–H and O–H groups in total. The first kappa shape index (κ1) is 12.5. The van der Waals surface area contributed by atoms with E-state index in [0.29, 0.717) is 0 Å². The van der Waals surface area contributed by atoms with Gasteiger partial charge in [0.15, 0.2) is 0 Å². The van der Waals surface area contributed by atoms with Crippen LogP contribution in [-0.4, -0.2) is 45.8 Å². The summed E-state index contributed by atoms with van der Waals surface area (Å²) in [4.78, 5) is 2.55. The second kappa shape index (κ2) is 6.12. The van der Waals surface area contributed by atoms with Crippen molar-refractivity contribution < 1.29 is 0 Å². The Hall–Kier alpha value is -0.940. The smallest absolute Gasteiger partial charge is 0.149 e. The van der Waals surface area contributed by atoms with E-state index in [2.05, 4.69) is 27.3 Å². The third-order valence-corrected chi connectivity index (χ3v) is 3.43. The van der Waals surface area contributed by atoms with Gasteiger partial charge < -0.3 is 14.8 Å². The molecule has 1 aliphatic rings. The second-order valence-corrected chi connectivity index (χ2v) is 4.88. The molecular formula is C12H23N5. The van der Waals surface area contributed by atoms with Crippen LogP contribution in [0, 0.1) is 0 Å². The lowest BCUT2D eigenvalue weighted by molar-refractivity contribution is 0.327. The lowest BCUT2D eigenvalue weighted by Gasteiger charge is -2.16. The number of likely N-dealkylation sites (tertiary alicyclic amines) is 1. The molecule has 0 aromatic carbocycles. The van der Waals surface area contributed by atoms with Gasteiger partial charge in [0.05, 0.1) is 6.04 Å². The highest BCUT2D eigenvalue weighted by molar-refractivity contribution is 4.91. The van der Waals surface area contributed by atoms with E-state index in [0.717, 1.165) is 12.4 Å². The van der Waals surface area contributed by atoms with Crippen LogP contribution in [0.25, 0.3) is 0 Å². The Balaban J connectivity index is 1.63. The molecule has 1 aromatic heterocycles. The highest BCUT2D eigenvalue weighted by atomic mass is 15.3. The van der Waals surface area contributed by atoms with Crippen LogP contribution in [0.3, 0.4) is 0 Å². The summed E-state index contributed by atoms with van der Waals surface area (Å²) in [5.41, 5.74) is 0. The Morgan fingerprint density at radius 1 is 1.41 bits per heavy atom.